The summed E-state index contributed by atoms with van der Waals surface area (Å²) in [7, 11) is 0. The predicted molar refractivity (Wildman–Crippen MR) is 225 cm³/mol. The molecular weight excluding hydrogens is 653 g/mol. The van der Waals surface area contributed by atoms with Crippen molar-refractivity contribution in [3.63, 3.8) is 0 Å². The molecule has 2 atom stereocenters. The van der Waals surface area contributed by atoms with E-state index in [1.807, 2.05) is 25.2 Å². The zero-order valence-corrected chi connectivity index (χ0v) is 31.0. The van der Waals surface area contributed by atoms with Crippen molar-refractivity contribution in [1.29, 1.82) is 0 Å². The second-order valence-electron chi connectivity index (χ2n) is 15.4. The molecule has 2 unspecified atom stereocenters. The minimum absolute atomic E-state index is 0.219. The van der Waals surface area contributed by atoms with Crippen molar-refractivity contribution in [3.8, 4) is 11.1 Å². The molecule has 0 saturated heterocycles. The number of benzene rings is 3. The van der Waals surface area contributed by atoms with Gasteiger partial charge in [0.25, 0.3) is 0 Å². The van der Waals surface area contributed by atoms with Crippen LogP contribution in [0.5, 0.6) is 0 Å². The second-order valence-corrected chi connectivity index (χ2v) is 15.4. The number of allylic oxidation sites excluding steroid dienone is 18. The zero-order valence-electron chi connectivity index (χ0n) is 31.0. The van der Waals surface area contributed by atoms with E-state index in [4.69, 9.17) is 10.7 Å². The van der Waals surface area contributed by atoms with Crippen molar-refractivity contribution in [1.82, 2.24) is 0 Å². The smallest absolute Gasteiger partial charge is 0.131 e. The van der Waals surface area contributed by atoms with Gasteiger partial charge >= 0.3 is 0 Å². The van der Waals surface area contributed by atoms with Gasteiger partial charge in [-0.2, -0.15) is 0 Å². The number of aliphatic imine (C=N–C) groups is 1. The fourth-order valence-electron chi connectivity index (χ4n) is 10.9. The van der Waals surface area contributed by atoms with Gasteiger partial charge in [0.15, 0.2) is 0 Å². The van der Waals surface area contributed by atoms with Gasteiger partial charge in [-0.25, -0.2) is 4.99 Å². The number of nitrogens with zero attached hydrogens (tertiary/aromatic N) is 1. The Morgan fingerprint density at radius 1 is 0.852 bits per heavy atom. The van der Waals surface area contributed by atoms with Crippen LogP contribution in [0.15, 0.2) is 201 Å². The first-order valence-corrected chi connectivity index (χ1v) is 19.6. The van der Waals surface area contributed by atoms with E-state index < -0.39 is 5.41 Å². The van der Waals surface area contributed by atoms with Gasteiger partial charge in [0.05, 0.1) is 11.1 Å². The molecule has 7 aliphatic rings. The van der Waals surface area contributed by atoms with Gasteiger partial charge in [-0.15, -0.1) is 5.73 Å². The molecule has 0 aromatic heterocycles. The highest BCUT2D eigenvalue weighted by Gasteiger charge is 2.59. The standard InChI is InChI=1S/C52H44N2/c1-4-6-19-33(17-5-2)50(34-20-8-7-18-32(34)3)54-51(53)42-28-16-26-39-37-23-11-13-29-44(37)52(49(39)42)45-30-14-12-24-40(45)48-41-27-15-25-38-35-21-9-10-22-36(35)43(47(38)41)31-46(48)52/h4,6-7,10-14,16-19,22-26,28-30,46H,2-3,8-9,15,20-21,27,31H2,1H3,(H2,53,54)/b6-4-,33-19+,50-34-. The van der Waals surface area contributed by atoms with Crippen LogP contribution in [0.2, 0.25) is 0 Å². The summed E-state index contributed by atoms with van der Waals surface area (Å²) in [4.78, 5) is 5.44. The van der Waals surface area contributed by atoms with Crippen molar-refractivity contribution < 1.29 is 0 Å². The fraction of sp³-hybridized carbons (Fsp3) is 0.192. The fourth-order valence-corrected chi connectivity index (χ4v) is 10.9. The number of hydrogen-bond donors (Lipinski definition) is 1. The van der Waals surface area contributed by atoms with Crippen LogP contribution in [0, 0.1) is 5.92 Å². The lowest BCUT2D eigenvalue weighted by Gasteiger charge is -2.40. The molecule has 54 heavy (non-hydrogen) atoms. The Balaban J connectivity index is 1.26. The van der Waals surface area contributed by atoms with E-state index in [1.54, 1.807) is 27.9 Å². The van der Waals surface area contributed by atoms with Gasteiger partial charge < -0.3 is 5.73 Å². The Morgan fingerprint density at radius 2 is 1.59 bits per heavy atom. The molecule has 2 nitrogen and oxygen atoms in total. The molecule has 10 rings (SSSR count). The lowest BCUT2D eigenvalue weighted by atomic mass is 9.61. The third kappa shape index (κ3) is 4.44. The molecule has 2 heteroatoms. The Bertz CT molecular complexity index is 2610. The van der Waals surface area contributed by atoms with E-state index in [0.717, 1.165) is 72.9 Å². The number of hydrogen-bond acceptors (Lipinski definition) is 1. The van der Waals surface area contributed by atoms with Crippen LogP contribution >= 0.6 is 0 Å². The molecule has 0 fully saturated rings. The zero-order chi connectivity index (χ0) is 36.6. The first-order valence-electron chi connectivity index (χ1n) is 19.6. The minimum Gasteiger partial charge on any atom is -0.383 e. The summed E-state index contributed by atoms with van der Waals surface area (Å²) in [5, 5.41) is 0. The highest BCUT2D eigenvalue weighted by molar-refractivity contribution is 6.06. The summed E-state index contributed by atoms with van der Waals surface area (Å²) < 4.78 is 0. The normalized spacial score (nSPS) is 24.4. The van der Waals surface area contributed by atoms with Gasteiger partial charge in [0.2, 0.25) is 0 Å². The average Bonchev–Trinajstić information content (AvgIpc) is 3.82. The average molecular weight is 697 g/mol. The molecule has 0 aliphatic heterocycles. The molecule has 7 aliphatic carbocycles. The Kier molecular flexibility index (Phi) is 7.61. The molecule has 0 saturated carbocycles. The maximum atomic E-state index is 7.44. The van der Waals surface area contributed by atoms with Crippen molar-refractivity contribution in [2.75, 3.05) is 0 Å². The summed E-state index contributed by atoms with van der Waals surface area (Å²) in [5.74, 6) is 0.738. The molecule has 2 N–H and O–H groups in total. The third-order valence-corrected chi connectivity index (χ3v) is 12.8. The summed E-state index contributed by atoms with van der Waals surface area (Å²) in [6.07, 6.45) is 26.9. The summed E-state index contributed by atoms with van der Waals surface area (Å²) in [6.45, 7) is 10.4. The van der Waals surface area contributed by atoms with Crippen LogP contribution in [0.3, 0.4) is 0 Å². The quantitative estimate of drug-likeness (QED) is 0.123. The molecule has 1 spiro atoms. The first kappa shape index (κ1) is 32.7. The molecule has 0 amide bonds. The number of rotatable bonds is 5. The summed E-state index contributed by atoms with van der Waals surface area (Å²) in [5.41, 5.74) is 33.7. The maximum Gasteiger partial charge on any atom is 0.131 e. The number of nitrogens with two attached hydrogens (primary N) is 1. The maximum absolute atomic E-state index is 7.44. The van der Waals surface area contributed by atoms with E-state index in [-0.39, 0.29) is 5.92 Å². The van der Waals surface area contributed by atoms with Gasteiger partial charge in [-0.1, -0.05) is 128 Å². The Hall–Kier alpha value is -5.95. The van der Waals surface area contributed by atoms with E-state index in [9.17, 15) is 0 Å². The Morgan fingerprint density at radius 3 is 2.41 bits per heavy atom. The molecule has 3 aromatic carbocycles. The van der Waals surface area contributed by atoms with Crippen LogP contribution in [-0.2, 0) is 5.41 Å². The predicted octanol–water partition coefficient (Wildman–Crippen LogP) is 12.2. The topological polar surface area (TPSA) is 38.4 Å². The van der Waals surface area contributed by atoms with Crippen LogP contribution in [-0.4, -0.2) is 5.84 Å². The number of amidine groups is 1. The van der Waals surface area contributed by atoms with Crippen LogP contribution in [0.25, 0.3) is 16.7 Å². The van der Waals surface area contributed by atoms with Gasteiger partial charge in [0, 0.05) is 17.1 Å². The van der Waals surface area contributed by atoms with Crippen molar-refractivity contribution in [3.05, 3.63) is 224 Å². The molecule has 3 aromatic rings. The monoisotopic (exact) mass is 696 g/mol. The number of fused-ring (bicyclic) bond motifs is 12. The molecule has 0 heterocycles. The van der Waals surface area contributed by atoms with Crippen LogP contribution < -0.4 is 5.73 Å². The third-order valence-electron chi connectivity index (χ3n) is 12.8. The van der Waals surface area contributed by atoms with Crippen molar-refractivity contribution in [2.45, 2.75) is 57.3 Å². The van der Waals surface area contributed by atoms with Gasteiger partial charge in [-0.3, -0.25) is 0 Å². The van der Waals surface area contributed by atoms with Gasteiger partial charge in [-0.05, 0) is 141 Å². The lowest BCUT2D eigenvalue weighted by molar-refractivity contribution is 0.482. The summed E-state index contributed by atoms with van der Waals surface area (Å²) in [6, 6.07) is 25.1. The Labute approximate surface area is 319 Å². The SMILES string of the molecule is C=C=CC(=C\C=C/C)/C(/N=C(\N)c1cccc2c1C1(c3ccccc3C3=C4CCC=C5C6=C(C=CCC6)C(=C54)CC31)c1ccccc1-2)=C1\CCC=CC1=C. The summed E-state index contributed by atoms with van der Waals surface area (Å²) >= 11 is 0. The van der Waals surface area contributed by atoms with Gasteiger partial charge in [0.1, 0.15) is 5.84 Å². The lowest BCUT2D eigenvalue weighted by Crippen LogP contribution is -2.36. The van der Waals surface area contributed by atoms with E-state index >= 15 is 0 Å². The van der Waals surface area contributed by atoms with E-state index in [1.165, 1.54) is 44.5 Å². The second kappa shape index (κ2) is 12.6. The van der Waals surface area contributed by atoms with E-state index in [0.29, 0.717) is 5.84 Å². The van der Waals surface area contributed by atoms with Crippen LogP contribution in [0.1, 0.15) is 79.7 Å². The van der Waals surface area contributed by atoms with Crippen molar-refractivity contribution in [2.24, 2.45) is 16.6 Å². The molecular formula is C52H44N2. The van der Waals surface area contributed by atoms with E-state index in [2.05, 4.69) is 122 Å². The van der Waals surface area contributed by atoms with Crippen molar-refractivity contribution >= 4 is 11.4 Å². The molecule has 262 valence electrons. The first-order chi connectivity index (χ1) is 26.6. The highest BCUT2D eigenvalue weighted by Crippen LogP contribution is 2.70. The highest BCUT2D eigenvalue weighted by atomic mass is 14.9. The van der Waals surface area contributed by atoms with Crippen LogP contribution in [0.4, 0.5) is 0 Å². The largest absolute Gasteiger partial charge is 0.383 e. The molecule has 0 bridgehead atoms. The minimum atomic E-state index is -0.432. The molecule has 0 radical (unpaired) electrons.